The number of carbonyl (C=O) groups is 1. The summed E-state index contributed by atoms with van der Waals surface area (Å²) in [5.41, 5.74) is 4.84. The van der Waals surface area contributed by atoms with Gasteiger partial charge in [0.1, 0.15) is 5.82 Å². The highest BCUT2D eigenvalue weighted by Gasteiger charge is 2.21. The average Bonchev–Trinajstić information content (AvgIpc) is 3.30. The summed E-state index contributed by atoms with van der Waals surface area (Å²) >= 11 is 0. The van der Waals surface area contributed by atoms with E-state index in [0.29, 0.717) is 32.7 Å². The minimum absolute atomic E-state index is 0.230. The van der Waals surface area contributed by atoms with E-state index in [4.69, 9.17) is 9.72 Å². The summed E-state index contributed by atoms with van der Waals surface area (Å²) in [7, 11) is 0. The fourth-order valence-electron chi connectivity index (χ4n) is 5.68. The Labute approximate surface area is 218 Å². The maximum Gasteiger partial charge on any atom is 0.223 e. The second kappa shape index (κ2) is 10.5. The standard InChI is InChI=1S/C30H35N5O2/c1-23-20-29(31-27-8-4-2-6-25(23)27)33-14-12-32(13-15-33)22-35-21-24(26-7-3-5-9-28(26)35)10-11-30(36)34-16-18-37-19-17-34/h2-9,20-21H,10-19,22H2,1H3. The third kappa shape index (κ3) is 5.06. The number of pyridine rings is 1. The zero-order chi connectivity index (χ0) is 25.2. The van der Waals surface area contributed by atoms with Crippen LogP contribution in [0.25, 0.3) is 21.8 Å². The number of carbonyl (C=O) groups excluding carboxylic acids is 1. The van der Waals surface area contributed by atoms with E-state index in [1.165, 1.54) is 27.4 Å². The van der Waals surface area contributed by atoms with Crippen molar-refractivity contribution in [3.63, 3.8) is 0 Å². The highest BCUT2D eigenvalue weighted by molar-refractivity contribution is 5.85. The largest absolute Gasteiger partial charge is 0.378 e. The second-order valence-corrected chi connectivity index (χ2v) is 10.2. The summed E-state index contributed by atoms with van der Waals surface area (Å²) < 4.78 is 7.75. The van der Waals surface area contributed by atoms with E-state index >= 15 is 0 Å². The van der Waals surface area contributed by atoms with Gasteiger partial charge in [-0.25, -0.2) is 4.98 Å². The molecule has 0 bridgehead atoms. The first kappa shape index (κ1) is 23.9. The van der Waals surface area contributed by atoms with Crippen LogP contribution in [0, 0.1) is 6.92 Å². The maximum absolute atomic E-state index is 12.7. The number of hydrogen-bond acceptors (Lipinski definition) is 5. The van der Waals surface area contributed by atoms with E-state index in [-0.39, 0.29) is 5.91 Å². The maximum atomic E-state index is 12.7. The quantitative estimate of drug-likeness (QED) is 0.402. The van der Waals surface area contributed by atoms with Crippen LogP contribution < -0.4 is 4.90 Å². The van der Waals surface area contributed by atoms with Gasteiger partial charge in [0, 0.05) is 68.2 Å². The molecule has 2 aliphatic heterocycles. The van der Waals surface area contributed by atoms with Crippen LogP contribution in [0.15, 0.2) is 60.8 Å². The average molecular weight is 498 g/mol. The van der Waals surface area contributed by atoms with Crippen molar-refractivity contribution >= 4 is 33.5 Å². The van der Waals surface area contributed by atoms with Crippen LogP contribution in [-0.4, -0.2) is 77.7 Å². The van der Waals surface area contributed by atoms with Crippen LogP contribution in [-0.2, 0) is 22.6 Å². The van der Waals surface area contributed by atoms with Gasteiger partial charge in [-0.15, -0.1) is 0 Å². The van der Waals surface area contributed by atoms with Gasteiger partial charge < -0.3 is 19.1 Å². The first-order valence-electron chi connectivity index (χ1n) is 13.4. The zero-order valence-corrected chi connectivity index (χ0v) is 21.6. The number of fused-ring (bicyclic) bond motifs is 2. The van der Waals surface area contributed by atoms with Crippen molar-refractivity contribution in [1.29, 1.82) is 0 Å². The Morgan fingerprint density at radius 2 is 1.65 bits per heavy atom. The molecule has 0 aliphatic carbocycles. The lowest BCUT2D eigenvalue weighted by Gasteiger charge is -2.35. The van der Waals surface area contributed by atoms with Crippen LogP contribution in [0.4, 0.5) is 5.82 Å². The third-order valence-corrected chi connectivity index (χ3v) is 7.80. The Bertz CT molecular complexity index is 1400. The van der Waals surface area contributed by atoms with Gasteiger partial charge in [0.25, 0.3) is 0 Å². The van der Waals surface area contributed by atoms with Gasteiger partial charge in [0.15, 0.2) is 0 Å². The van der Waals surface area contributed by atoms with Gasteiger partial charge in [0.05, 0.1) is 25.4 Å². The summed E-state index contributed by atoms with van der Waals surface area (Å²) in [5.74, 6) is 1.31. The number of aromatic nitrogens is 2. The molecular weight excluding hydrogens is 462 g/mol. The van der Waals surface area contributed by atoms with Crippen molar-refractivity contribution in [3.05, 3.63) is 71.9 Å². The Kier molecular flexibility index (Phi) is 6.81. The van der Waals surface area contributed by atoms with Crippen molar-refractivity contribution < 1.29 is 9.53 Å². The molecule has 4 heterocycles. The molecule has 0 saturated carbocycles. The highest BCUT2D eigenvalue weighted by atomic mass is 16.5. The first-order chi connectivity index (χ1) is 18.2. The lowest BCUT2D eigenvalue weighted by Crippen LogP contribution is -2.47. The van der Waals surface area contributed by atoms with Crippen molar-refractivity contribution in [2.45, 2.75) is 26.4 Å². The number of rotatable bonds is 6. The minimum atomic E-state index is 0.230. The predicted molar refractivity (Wildman–Crippen MR) is 148 cm³/mol. The number of nitrogens with zero attached hydrogens (tertiary/aromatic N) is 5. The van der Waals surface area contributed by atoms with Gasteiger partial charge in [0.2, 0.25) is 5.91 Å². The Hall–Kier alpha value is -3.42. The van der Waals surface area contributed by atoms with E-state index in [2.05, 4.69) is 82.1 Å². The SMILES string of the molecule is Cc1cc(N2CCN(Cn3cc(CCC(=O)N4CCOCC4)c4ccccc43)CC2)nc2ccccc12. The molecule has 6 rings (SSSR count). The number of aryl methyl sites for hydroxylation is 2. The first-order valence-corrected chi connectivity index (χ1v) is 13.4. The molecule has 7 heteroatoms. The molecule has 7 nitrogen and oxygen atoms in total. The number of morpholine rings is 1. The molecule has 2 fully saturated rings. The number of piperazine rings is 1. The molecular formula is C30H35N5O2. The molecule has 1 amide bonds. The number of hydrogen-bond donors (Lipinski definition) is 0. The molecule has 192 valence electrons. The van der Waals surface area contributed by atoms with Gasteiger partial charge in [-0.2, -0.15) is 0 Å². The molecule has 2 aromatic carbocycles. The summed E-state index contributed by atoms with van der Waals surface area (Å²) in [6.07, 6.45) is 3.58. The molecule has 0 radical (unpaired) electrons. The van der Waals surface area contributed by atoms with Gasteiger partial charge in [-0.3, -0.25) is 9.69 Å². The third-order valence-electron chi connectivity index (χ3n) is 7.80. The molecule has 0 N–H and O–H groups in total. The smallest absolute Gasteiger partial charge is 0.223 e. The van der Waals surface area contributed by atoms with E-state index in [0.717, 1.165) is 50.6 Å². The number of benzene rings is 2. The van der Waals surface area contributed by atoms with Gasteiger partial charge in [-0.05, 0) is 42.7 Å². The van der Waals surface area contributed by atoms with Crippen LogP contribution in [0.5, 0.6) is 0 Å². The Balaban J connectivity index is 1.11. The molecule has 0 spiro atoms. The van der Waals surface area contributed by atoms with Crippen molar-refractivity contribution in [2.75, 3.05) is 57.4 Å². The normalized spacial score (nSPS) is 17.1. The van der Waals surface area contributed by atoms with Crippen LogP contribution >= 0.6 is 0 Å². The van der Waals surface area contributed by atoms with Gasteiger partial charge in [-0.1, -0.05) is 36.4 Å². The van der Waals surface area contributed by atoms with Crippen molar-refractivity contribution in [2.24, 2.45) is 0 Å². The fourth-order valence-corrected chi connectivity index (χ4v) is 5.68. The van der Waals surface area contributed by atoms with Crippen molar-refractivity contribution in [3.8, 4) is 0 Å². The zero-order valence-electron chi connectivity index (χ0n) is 21.6. The number of para-hydroxylation sites is 2. The molecule has 2 saturated heterocycles. The van der Waals surface area contributed by atoms with E-state index in [9.17, 15) is 4.79 Å². The number of ether oxygens (including phenoxy) is 1. The summed E-state index contributed by atoms with van der Waals surface area (Å²) in [6.45, 7) is 9.65. The van der Waals surface area contributed by atoms with E-state index < -0.39 is 0 Å². The topological polar surface area (TPSA) is 53.8 Å². The Morgan fingerprint density at radius 3 is 2.46 bits per heavy atom. The minimum Gasteiger partial charge on any atom is -0.378 e. The van der Waals surface area contributed by atoms with Crippen molar-refractivity contribution in [1.82, 2.24) is 19.4 Å². The number of amides is 1. The Morgan fingerprint density at radius 1 is 0.919 bits per heavy atom. The summed E-state index contributed by atoms with van der Waals surface area (Å²) in [6, 6.07) is 19.2. The van der Waals surface area contributed by atoms with E-state index in [1.54, 1.807) is 0 Å². The molecule has 0 unspecified atom stereocenters. The highest BCUT2D eigenvalue weighted by Crippen LogP contribution is 2.25. The van der Waals surface area contributed by atoms with E-state index in [1.807, 2.05) is 4.90 Å². The lowest BCUT2D eigenvalue weighted by molar-refractivity contribution is -0.135. The predicted octanol–water partition coefficient (Wildman–Crippen LogP) is 4.07. The van der Waals surface area contributed by atoms with Crippen LogP contribution in [0.2, 0.25) is 0 Å². The number of anilines is 1. The summed E-state index contributed by atoms with van der Waals surface area (Å²) in [5, 5.41) is 2.48. The molecule has 4 aromatic rings. The monoisotopic (exact) mass is 497 g/mol. The van der Waals surface area contributed by atoms with Gasteiger partial charge >= 0.3 is 0 Å². The lowest BCUT2D eigenvalue weighted by atomic mass is 10.1. The summed E-state index contributed by atoms with van der Waals surface area (Å²) in [4.78, 5) is 24.5. The molecule has 2 aliphatic rings. The molecule has 2 aromatic heterocycles. The molecule has 37 heavy (non-hydrogen) atoms. The molecule has 0 atom stereocenters. The van der Waals surface area contributed by atoms with Crippen LogP contribution in [0.1, 0.15) is 17.5 Å². The fraction of sp³-hybridized carbons (Fsp3) is 0.400. The second-order valence-electron chi connectivity index (χ2n) is 10.2. The van der Waals surface area contributed by atoms with Crippen LogP contribution in [0.3, 0.4) is 0 Å².